The molecule has 0 aromatic carbocycles. The summed E-state index contributed by atoms with van der Waals surface area (Å²) in [7, 11) is 0. The number of rotatable bonds is 6. The minimum atomic E-state index is -1.44. The molecule has 0 unspecified atom stereocenters. The summed E-state index contributed by atoms with van der Waals surface area (Å²) in [6, 6.07) is 7.20. The summed E-state index contributed by atoms with van der Waals surface area (Å²) in [6.07, 6.45) is 6.39. The molecule has 309 valence electrons. The van der Waals surface area contributed by atoms with Gasteiger partial charge in [-0.1, -0.05) is 23.2 Å². The average Bonchev–Trinajstić information content (AvgIpc) is 3.15. The van der Waals surface area contributed by atoms with Crippen LogP contribution in [0.15, 0.2) is 36.7 Å². The molecule has 19 heteroatoms. The van der Waals surface area contributed by atoms with Gasteiger partial charge in [0.2, 0.25) is 0 Å². The van der Waals surface area contributed by atoms with Gasteiger partial charge >= 0.3 is 34.7 Å². The number of carbonyl (C=O) groups is 3. The Hall–Kier alpha value is -4.41. The van der Waals surface area contributed by atoms with Gasteiger partial charge in [-0.25, -0.2) is 19.6 Å². The number of amides is 2. The minimum absolute atomic E-state index is 0.105. The van der Waals surface area contributed by atoms with Gasteiger partial charge in [-0.3, -0.25) is 14.8 Å². The van der Waals surface area contributed by atoms with Crippen molar-refractivity contribution >= 4 is 75.1 Å². The Balaban J connectivity index is 0.000000236. The quantitative estimate of drug-likeness (QED) is 0.0992. The first-order chi connectivity index (χ1) is 26.9. The van der Waals surface area contributed by atoms with E-state index in [-0.39, 0.29) is 30.9 Å². The first-order valence-corrected chi connectivity index (χ1v) is 20.0. The summed E-state index contributed by atoms with van der Waals surface area (Å²) >= 11 is 10.6. The number of likely N-dealkylation sites (tertiary alicyclic amines) is 2. The normalized spacial score (nSPS) is 15.1. The second kappa shape index (κ2) is 20.3. The zero-order chi connectivity index (χ0) is 41.9. The first kappa shape index (κ1) is 45.3. The first-order valence-electron chi connectivity index (χ1n) is 18.3. The molecule has 2 amide bonds. The molecule has 2 saturated heterocycles. The molecule has 4 aromatic rings. The van der Waals surface area contributed by atoms with Crippen molar-refractivity contribution in [1.29, 1.82) is 0 Å². The van der Waals surface area contributed by atoms with E-state index in [1.165, 1.54) is 6.20 Å². The van der Waals surface area contributed by atoms with Gasteiger partial charge in [-0.15, -0.1) is 0 Å². The van der Waals surface area contributed by atoms with Gasteiger partial charge in [0.1, 0.15) is 32.5 Å². The van der Waals surface area contributed by atoms with Crippen LogP contribution in [0.5, 0.6) is 0 Å². The van der Waals surface area contributed by atoms with Gasteiger partial charge in [-0.05, 0) is 91.5 Å². The summed E-state index contributed by atoms with van der Waals surface area (Å²) in [4.78, 5) is 56.6. The van der Waals surface area contributed by atoms with E-state index in [9.17, 15) is 19.5 Å². The van der Waals surface area contributed by atoms with Crippen molar-refractivity contribution in [3.8, 4) is 0 Å². The van der Waals surface area contributed by atoms with Gasteiger partial charge < -0.3 is 35.0 Å². The van der Waals surface area contributed by atoms with Crippen LogP contribution < -0.4 is 10.6 Å². The van der Waals surface area contributed by atoms with Gasteiger partial charge in [0, 0.05) is 56.2 Å². The van der Waals surface area contributed by atoms with Gasteiger partial charge in [0.15, 0.2) is 6.29 Å². The second-order valence-corrected chi connectivity index (χ2v) is 16.3. The Labute approximate surface area is 347 Å². The third kappa shape index (κ3) is 13.3. The van der Waals surface area contributed by atoms with Crippen LogP contribution in [0.3, 0.4) is 0 Å². The number of carbonyl (C=O) groups excluding carboxylic acids is 3. The van der Waals surface area contributed by atoms with E-state index in [0.29, 0.717) is 75.4 Å². The molecule has 0 aliphatic carbocycles. The molecular formula is C38H48Cl2MnN8O8. The Kier molecular flexibility index (Phi) is 16.2. The average molecular weight is 871 g/mol. The fourth-order valence-corrected chi connectivity index (χ4v) is 6.43. The number of aldehydes is 1. The number of nitrogens with one attached hydrogen (secondary N) is 2. The van der Waals surface area contributed by atoms with Crippen molar-refractivity contribution in [2.75, 3.05) is 36.8 Å². The molecule has 3 N–H and O–H groups in total. The summed E-state index contributed by atoms with van der Waals surface area (Å²) in [6.45, 7) is 13.4. The van der Waals surface area contributed by atoms with Crippen LogP contribution in [0.2, 0.25) is 10.3 Å². The molecule has 2 aliphatic rings. The molecule has 6 heterocycles. The van der Waals surface area contributed by atoms with E-state index < -0.39 is 26.0 Å². The summed E-state index contributed by atoms with van der Waals surface area (Å²) in [5.41, 5.74) is 4.08. The third-order valence-electron chi connectivity index (χ3n) is 8.75. The molecule has 0 saturated carbocycles. The number of aliphatic hydroxyl groups is 1. The number of pyridine rings is 4. The van der Waals surface area contributed by atoms with Gasteiger partial charge in [0.25, 0.3) is 0 Å². The number of halogens is 2. The number of nitrogens with zero attached hydrogens (tertiary/aromatic N) is 6. The number of aromatic nitrogens is 4. The Morgan fingerprint density at radius 3 is 1.58 bits per heavy atom. The maximum atomic E-state index is 12.2. The standard InChI is InChI=1S/C19H25ClN4O3.C19H23ClN4O3.Mn.2O/c2*1-19(2,3)27-18(26)24-8-6-13(7-9-24)22-16-12(11-25)10-21-14-4-5-15(20)23-17(14)16;;;/h4-5,10,13,25H,6-9,11H2,1-3H3,(H,21,22);4-5,10-11,13H,6-9H2,1-3H3,(H,21,22);;;. The number of hydrogen-bond acceptors (Lipinski definition) is 14. The molecular weight excluding hydrogens is 822 g/mol. The zero-order valence-electron chi connectivity index (χ0n) is 32.7. The predicted octanol–water partition coefficient (Wildman–Crippen LogP) is 7.25. The van der Waals surface area contributed by atoms with Gasteiger partial charge in [-0.2, -0.15) is 0 Å². The number of anilines is 2. The molecule has 4 aromatic heterocycles. The predicted molar refractivity (Wildman–Crippen MR) is 211 cm³/mol. The van der Waals surface area contributed by atoms with Crippen molar-refractivity contribution in [3.05, 3.63) is 58.1 Å². The molecule has 2 aliphatic heterocycles. The van der Waals surface area contributed by atoms with Gasteiger partial charge in [0.05, 0.1) is 34.6 Å². The van der Waals surface area contributed by atoms with Crippen molar-refractivity contribution in [3.63, 3.8) is 0 Å². The van der Waals surface area contributed by atoms with Crippen LogP contribution in [0, 0.1) is 0 Å². The van der Waals surface area contributed by atoms with Crippen LogP contribution >= 0.6 is 23.2 Å². The monoisotopic (exact) mass is 869 g/mol. The summed E-state index contributed by atoms with van der Waals surface area (Å²) in [5.74, 6) is 0. The Morgan fingerprint density at radius 1 is 0.772 bits per heavy atom. The maximum absolute atomic E-state index is 12.2. The molecule has 0 radical (unpaired) electrons. The number of aliphatic hydroxyl groups excluding tert-OH is 1. The van der Waals surface area contributed by atoms with Crippen molar-refractivity contribution in [2.45, 2.75) is 97.1 Å². The SMILES string of the molecule is CC(C)(C)OC(=O)N1CCC(Nc2c(C=O)cnc3ccc(Cl)nc23)CC1.CC(C)(C)OC(=O)N1CCC(Nc2c(CO)cnc3ccc(Cl)nc23)CC1.[O]=[Mn]=[O]. The molecule has 57 heavy (non-hydrogen) atoms. The molecule has 6 rings (SSSR count). The molecule has 0 spiro atoms. The summed E-state index contributed by atoms with van der Waals surface area (Å²) < 4.78 is 27.7. The van der Waals surface area contributed by atoms with Crippen LogP contribution in [0.1, 0.15) is 83.1 Å². The van der Waals surface area contributed by atoms with Crippen LogP contribution in [-0.4, -0.2) is 103 Å². The fraction of sp³-hybridized carbons (Fsp3) is 0.500. The Morgan fingerprint density at radius 2 is 1.18 bits per heavy atom. The molecule has 16 nitrogen and oxygen atoms in total. The second-order valence-electron chi connectivity index (χ2n) is 15.4. The van der Waals surface area contributed by atoms with Crippen LogP contribution in [-0.2, 0) is 38.6 Å². The van der Waals surface area contributed by atoms with Crippen LogP contribution in [0.4, 0.5) is 21.0 Å². The molecule has 0 atom stereocenters. The van der Waals surface area contributed by atoms with E-state index in [0.717, 1.165) is 37.7 Å². The number of piperidine rings is 2. The van der Waals surface area contributed by atoms with Crippen molar-refractivity contribution < 1.29 is 51.5 Å². The molecule has 2 fully saturated rings. The van der Waals surface area contributed by atoms with Crippen molar-refractivity contribution in [1.82, 2.24) is 29.7 Å². The zero-order valence-corrected chi connectivity index (χ0v) is 35.4. The topological polar surface area (TPSA) is 206 Å². The van der Waals surface area contributed by atoms with E-state index in [1.54, 1.807) is 34.2 Å². The number of ether oxygens (including phenoxy) is 2. The van der Waals surface area contributed by atoms with Crippen LogP contribution in [0.25, 0.3) is 22.1 Å². The summed E-state index contributed by atoms with van der Waals surface area (Å²) in [5, 5.41) is 17.3. The fourth-order valence-electron chi connectivity index (χ4n) is 6.13. The Bertz CT molecular complexity index is 2080. The van der Waals surface area contributed by atoms with E-state index in [1.807, 2.05) is 47.6 Å². The number of fused-ring (bicyclic) bond motifs is 2. The van der Waals surface area contributed by atoms with Crippen molar-refractivity contribution in [2.24, 2.45) is 0 Å². The third-order valence-corrected chi connectivity index (χ3v) is 9.17. The van der Waals surface area contributed by atoms with E-state index in [4.69, 9.17) is 40.3 Å². The molecule has 0 bridgehead atoms. The van der Waals surface area contributed by atoms with E-state index >= 15 is 0 Å². The number of hydrogen-bond donors (Lipinski definition) is 3. The van der Waals surface area contributed by atoms with E-state index in [2.05, 4.69) is 30.6 Å².